The lowest BCUT2D eigenvalue weighted by Crippen LogP contribution is -2.39. The number of aromatic nitrogens is 2. The number of rotatable bonds is 4. The molecule has 7 nitrogen and oxygen atoms in total. The summed E-state index contributed by atoms with van der Waals surface area (Å²) >= 11 is 0. The smallest absolute Gasteiger partial charge is 0.333 e. The van der Waals surface area contributed by atoms with Crippen LogP contribution in [0, 0.1) is 17.0 Å². The Morgan fingerprint density at radius 1 is 1.67 bits per heavy atom. The molecule has 1 unspecified atom stereocenters. The topological polar surface area (TPSA) is 85.0 Å². The molecular weight excluding hydrogens is 234 g/mol. The molecule has 2 heterocycles. The van der Waals surface area contributed by atoms with Crippen LogP contribution in [0.1, 0.15) is 25.5 Å². The second kappa shape index (κ2) is 5.34. The molecule has 1 aromatic heterocycles. The van der Waals surface area contributed by atoms with E-state index in [0.29, 0.717) is 18.1 Å². The van der Waals surface area contributed by atoms with Crippen molar-refractivity contribution in [2.45, 2.75) is 39.3 Å². The number of aryl methyl sites for hydroxylation is 2. The molecule has 100 valence electrons. The molecule has 7 heteroatoms. The van der Waals surface area contributed by atoms with Crippen molar-refractivity contribution in [2.24, 2.45) is 0 Å². The van der Waals surface area contributed by atoms with Gasteiger partial charge in [-0.2, -0.15) is 5.10 Å². The van der Waals surface area contributed by atoms with E-state index in [9.17, 15) is 10.1 Å². The van der Waals surface area contributed by atoms with E-state index < -0.39 is 0 Å². The lowest BCUT2D eigenvalue weighted by Gasteiger charge is -2.24. The summed E-state index contributed by atoms with van der Waals surface area (Å²) in [7, 11) is 0. The Kier molecular flexibility index (Phi) is 3.81. The van der Waals surface area contributed by atoms with E-state index in [4.69, 9.17) is 0 Å². The molecule has 2 N–H and O–H groups in total. The van der Waals surface area contributed by atoms with Gasteiger partial charge in [0.25, 0.3) is 0 Å². The van der Waals surface area contributed by atoms with Gasteiger partial charge in [0.05, 0.1) is 4.92 Å². The van der Waals surface area contributed by atoms with Gasteiger partial charge < -0.3 is 10.6 Å². The zero-order valence-corrected chi connectivity index (χ0v) is 10.8. The van der Waals surface area contributed by atoms with Gasteiger partial charge in [-0.3, -0.25) is 10.1 Å². The van der Waals surface area contributed by atoms with Crippen LogP contribution in [0.2, 0.25) is 0 Å². The van der Waals surface area contributed by atoms with Crippen molar-refractivity contribution in [3.05, 3.63) is 15.8 Å². The van der Waals surface area contributed by atoms with Crippen molar-refractivity contribution in [1.29, 1.82) is 0 Å². The fraction of sp³-hybridized carbons (Fsp3) is 0.727. The Labute approximate surface area is 106 Å². The number of nitrogens with zero attached hydrogens (tertiary/aromatic N) is 3. The molecular formula is C11H19N5O2. The molecule has 1 aliphatic heterocycles. The highest BCUT2D eigenvalue weighted by Crippen LogP contribution is 2.29. The maximum Gasteiger partial charge on any atom is 0.333 e. The number of nitrogens with one attached hydrogen (secondary N) is 2. The summed E-state index contributed by atoms with van der Waals surface area (Å²) in [6, 6.07) is 0.235. The maximum atomic E-state index is 11.1. The molecule has 0 radical (unpaired) electrons. The van der Waals surface area contributed by atoms with Crippen LogP contribution in [0.3, 0.4) is 0 Å². The van der Waals surface area contributed by atoms with E-state index in [-0.39, 0.29) is 16.7 Å². The van der Waals surface area contributed by atoms with Gasteiger partial charge in [0.1, 0.15) is 5.69 Å². The molecule has 1 aromatic rings. The Hall–Kier alpha value is -1.63. The van der Waals surface area contributed by atoms with Crippen molar-refractivity contribution >= 4 is 11.5 Å². The zero-order valence-electron chi connectivity index (χ0n) is 10.8. The minimum absolute atomic E-state index is 0.0995. The monoisotopic (exact) mass is 253 g/mol. The maximum absolute atomic E-state index is 11.1. The van der Waals surface area contributed by atoms with Gasteiger partial charge in [-0.1, -0.05) is 0 Å². The minimum atomic E-state index is -0.354. The van der Waals surface area contributed by atoms with Crippen LogP contribution in [0.25, 0.3) is 0 Å². The van der Waals surface area contributed by atoms with E-state index in [0.717, 1.165) is 25.9 Å². The van der Waals surface area contributed by atoms with E-state index in [2.05, 4.69) is 15.7 Å². The Balaban J connectivity index is 2.26. The van der Waals surface area contributed by atoms with Gasteiger partial charge >= 0.3 is 5.69 Å². The predicted molar refractivity (Wildman–Crippen MR) is 68.8 cm³/mol. The third kappa shape index (κ3) is 2.45. The van der Waals surface area contributed by atoms with Gasteiger partial charge in [-0.05, 0) is 33.2 Å². The third-order valence-electron chi connectivity index (χ3n) is 3.22. The third-order valence-corrected chi connectivity index (χ3v) is 3.22. The van der Waals surface area contributed by atoms with Crippen LogP contribution >= 0.6 is 0 Å². The van der Waals surface area contributed by atoms with Gasteiger partial charge in [0.2, 0.25) is 5.82 Å². The number of nitro groups is 1. The standard InChI is InChI=1S/C11H19N5O2/c1-3-15-11(10(16(17)18)8(2)14-15)13-9-5-4-6-12-7-9/h9,12-13H,3-7H2,1-2H3. The molecule has 1 atom stereocenters. The van der Waals surface area contributed by atoms with Crippen LogP contribution in [-0.2, 0) is 6.54 Å². The first kappa shape index (κ1) is 12.8. The Morgan fingerprint density at radius 3 is 3.00 bits per heavy atom. The van der Waals surface area contributed by atoms with Crippen molar-refractivity contribution in [2.75, 3.05) is 18.4 Å². The fourth-order valence-electron chi connectivity index (χ4n) is 2.33. The largest absolute Gasteiger partial charge is 0.361 e. The van der Waals surface area contributed by atoms with Crippen LogP contribution in [0.15, 0.2) is 0 Å². The molecule has 1 aliphatic rings. The van der Waals surface area contributed by atoms with E-state index >= 15 is 0 Å². The number of hydrogen-bond acceptors (Lipinski definition) is 5. The summed E-state index contributed by atoms with van der Waals surface area (Å²) < 4.78 is 1.67. The molecule has 1 saturated heterocycles. The van der Waals surface area contributed by atoms with Crippen molar-refractivity contribution in [3.63, 3.8) is 0 Å². The van der Waals surface area contributed by atoms with Crippen molar-refractivity contribution in [3.8, 4) is 0 Å². The molecule has 18 heavy (non-hydrogen) atoms. The second-order valence-corrected chi connectivity index (χ2v) is 4.54. The van der Waals surface area contributed by atoms with Crippen LogP contribution < -0.4 is 10.6 Å². The fourth-order valence-corrected chi connectivity index (χ4v) is 2.33. The van der Waals surface area contributed by atoms with Gasteiger partial charge in [0.15, 0.2) is 0 Å². The summed E-state index contributed by atoms with van der Waals surface area (Å²) in [4.78, 5) is 10.8. The predicted octanol–water partition coefficient (Wildman–Crippen LogP) is 1.28. The highest BCUT2D eigenvalue weighted by molar-refractivity contribution is 5.60. The van der Waals surface area contributed by atoms with E-state index in [1.165, 1.54) is 0 Å². The average molecular weight is 253 g/mol. The van der Waals surface area contributed by atoms with Crippen molar-refractivity contribution < 1.29 is 4.92 Å². The molecule has 0 amide bonds. The quantitative estimate of drug-likeness (QED) is 0.623. The summed E-state index contributed by atoms with van der Waals surface area (Å²) in [5.41, 5.74) is 0.565. The Bertz CT molecular complexity index is 437. The SMILES string of the molecule is CCn1nc(C)c([N+](=O)[O-])c1NC1CCCNC1. The first-order valence-corrected chi connectivity index (χ1v) is 6.32. The number of hydrogen-bond donors (Lipinski definition) is 2. The highest BCUT2D eigenvalue weighted by atomic mass is 16.6. The second-order valence-electron chi connectivity index (χ2n) is 4.54. The first-order valence-electron chi connectivity index (χ1n) is 6.32. The number of piperidine rings is 1. The first-order chi connectivity index (χ1) is 8.63. The van der Waals surface area contributed by atoms with Crippen LogP contribution in [0.4, 0.5) is 11.5 Å². The Morgan fingerprint density at radius 2 is 2.44 bits per heavy atom. The molecule has 0 spiro atoms. The molecule has 0 aromatic carbocycles. The summed E-state index contributed by atoms with van der Waals surface area (Å²) in [5, 5.41) is 21.9. The normalized spacial score (nSPS) is 19.8. The van der Waals surface area contributed by atoms with Gasteiger partial charge in [-0.15, -0.1) is 0 Å². The van der Waals surface area contributed by atoms with E-state index in [1.54, 1.807) is 11.6 Å². The molecule has 2 rings (SSSR count). The molecule has 0 aliphatic carbocycles. The lowest BCUT2D eigenvalue weighted by atomic mass is 10.1. The van der Waals surface area contributed by atoms with Crippen LogP contribution in [-0.4, -0.2) is 33.8 Å². The molecule has 0 saturated carbocycles. The summed E-state index contributed by atoms with van der Waals surface area (Å²) in [5.74, 6) is 0.536. The van der Waals surface area contributed by atoms with Gasteiger partial charge in [-0.25, -0.2) is 4.68 Å². The minimum Gasteiger partial charge on any atom is -0.361 e. The van der Waals surface area contributed by atoms with E-state index in [1.807, 2.05) is 6.92 Å². The zero-order chi connectivity index (χ0) is 13.1. The summed E-state index contributed by atoms with van der Waals surface area (Å²) in [6.45, 7) is 6.09. The highest BCUT2D eigenvalue weighted by Gasteiger charge is 2.27. The molecule has 0 bridgehead atoms. The molecule has 1 fully saturated rings. The average Bonchev–Trinajstić information content (AvgIpc) is 2.67. The van der Waals surface area contributed by atoms with Crippen molar-refractivity contribution in [1.82, 2.24) is 15.1 Å². The van der Waals surface area contributed by atoms with Crippen LogP contribution in [0.5, 0.6) is 0 Å². The summed E-state index contributed by atoms with van der Waals surface area (Å²) in [6.07, 6.45) is 2.11. The number of anilines is 1. The lowest BCUT2D eigenvalue weighted by molar-refractivity contribution is -0.384. The van der Waals surface area contributed by atoms with Gasteiger partial charge in [0, 0.05) is 19.1 Å².